The topological polar surface area (TPSA) is 92.1 Å². The molecule has 1 aliphatic rings. The number of carboxylic acids is 1. The van der Waals surface area contributed by atoms with E-state index in [0.717, 1.165) is 35.1 Å². The maximum Gasteiger partial charge on any atom is 0.309 e. The Morgan fingerprint density at radius 2 is 1.98 bits per heavy atom. The number of ether oxygens (including phenoxy) is 2. The number of hydrogen-bond acceptors (Lipinski definition) is 6. The van der Waals surface area contributed by atoms with Gasteiger partial charge in [0.1, 0.15) is 17.7 Å². The van der Waals surface area contributed by atoms with Gasteiger partial charge in [-0.05, 0) is 94.5 Å². The van der Waals surface area contributed by atoms with Gasteiger partial charge in [0, 0.05) is 23.7 Å². The molecular formula is C32H39FN2O5. The number of halogens is 1. The zero-order chi connectivity index (χ0) is 29.2. The molecule has 0 fully saturated rings. The molecule has 0 saturated carbocycles. The fourth-order valence-corrected chi connectivity index (χ4v) is 4.80. The lowest BCUT2D eigenvalue weighted by molar-refractivity contribution is -0.145. The standard InChI is InChI=1S/C32H39FN2O5/c1-7-39-29-16-25(26(33)17-34-29)21-10-12-24(23(14-21)18-35(6)32(3,4)5)27-13-11-20-8-9-22(15-28(20)40-27)30(36)19(2)31(37)38/h8-10,12,14-17,19,27,30,36H,7,11,13,18H2,1-6H3,(H,37,38)/t19-,27?,30+/m0/s1. The Bertz CT molecular complexity index is 1370. The first kappa shape index (κ1) is 29.5. The highest BCUT2D eigenvalue weighted by molar-refractivity contribution is 5.70. The third-order valence-corrected chi connectivity index (χ3v) is 7.72. The van der Waals surface area contributed by atoms with Crippen LogP contribution in [0.15, 0.2) is 48.7 Å². The quantitative estimate of drug-likeness (QED) is 0.321. The Hall–Kier alpha value is -3.49. The van der Waals surface area contributed by atoms with Crippen LogP contribution in [0.5, 0.6) is 11.6 Å². The minimum atomic E-state index is -1.14. The summed E-state index contributed by atoms with van der Waals surface area (Å²) in [7, 11) is 2.06. The fourth-order valence-electron chi connectivity index (χ4n) is 4.80. The highest BCUT2D eigenvalue weighted by atomic mass is 19.1. The second kappa shape index (κ2) is 11.9. The molecule has 0 aliphatic carbocycles. The Balaban J connectivity index is 1.71. The number of fused-ring (bicyclic) bond motifs is 1. The van der Waals surface area contributed by atoms with Crippen molar-refractivity contribution in [2.24, 2.45) is 5.92 Å². The predicted molar refractivity (Wildman–Crippen MR) is 152 cm³/mol. The third-order valence-electron chi connectivity index (χ3n) is 7.72. The summed E-state index contributed by atoms with van der Waals surface area (Å²) in [5.41, 5.74) is 4.61. The van der Waals surface area contributed by atoms with Crippen molar-refractivity contribution < 1.29 is 28.9 Å². The van der Waals surface area contributed by atoms with Crippen LogP contribution in [0.3, 0.4) is 0 Å². The van der Waals surface area contributed by atoms with Gasteiger partial charge >= 0.3 is 5.97 Å². The molecule has 40 heavy (non-hydrogen) atoms. The van der Waals surface area contributed by atoms with Crippen molar-refractivity contribution in [1.29, 1.82) is 0 Å². The van der Waals surface area contributed by atoms with Gasteiger partial charge in [-0.2, -0.15) is 0 Å². The minimum Gasteiger partial charge on any atom is -0.485 e. The van der Waals surface area contributed by atoms with E-state index in [1.54, 1.807) is 18.2 Å². The van der Waals surface area contributed by atoms with Crippen molar-refractivity contribution in [2.45, 2.75) is 71.8 Å². The van der Waals surface area contributed by atoms with Gasteiger partial charge in [0.05, 0.1) is 24.8 Å². The molecule has 2 aromatic carbocycles. The molecule has 7 nitrogen and oxygen atoms in total. The second-order valence-corrected chi connectivity index (χ2v) is 11.5. The van der Waals surface area contributed by atoms with E-state index in [1.165, 1.54) is 13.1 Å². The summed E-state index contributed by atoms with van der Waals surface area (Å²) < 4.78 is 26.9. The van der Waals surface area contributed by atoms with Gasteiger partial charge in [0.2, 0.25) is 5.88 Å². The van der Waals surface area contributed by atoms with Crippen LogP contribution in [0.4, 0.5) is 4.39 Å². The first-order chi connectivity index (χ1) is 18.9. The SMILES string of the molecule is CCOc1cc(-c2ccc(C3CCc4ccc([C@H](O)[C@H](C)C(=O)O)cc4O3)c(CN(C)C(C)(C)C)c2)c(F)cn1. The molecule has 0 amide bonds. The Morgan fingerprint density at radius 1 is 1.23 bits per heavy atom. The second-order valence-electron chi connectivity index (χ2n) is 11.5. The maximum atomic E-state index is 14.9. The summed E-state index contributed by atoms with van der Waals surface area (Å²) in [5, 5.41) is 19.9. The average molecular weight is 551 g/mol. The summed E-state index contributed by atoms with van der Waals surface area (Å²) in [6, 6.07) is 13.0. The molecule has 3 aromatic rings. The number of aliphatic hydroxyl groups is 1. The first-order valence-electron chi connectivity index (χ1n) is 13.7. The van der Waals surface area contributed by atoms with Crippen LogP contribution in [-0.2, 0) is 17.8 Å². The highest BCUT2D eigenvalue weighted by Crippen LogP contribution is 2.40. The van der Waals surface area contributed by atoms with Crippen molar-refractivity contribution in [1.82, 2.24) is 9.88 Å². The number of aliphatic hydroxyl groups excluding tert-OH is 1. The average Bonchev–Trinajstić information content (AvgIpc) is 2.92. The van der Waals surface area contributed by atoms with Gasteiger partial charge in [0.25, 0.3) is 0 Å². The van der Waals surface area contributed by atoms with Gasteiger partial charge in [-0.15, -0.1) is 0 Å². The number of carbonyl (C=O) groups is 1. The number of nitrogens with zero attached hydrogens (tertiary/aromatic N) is 2. The molecule has 214 valence electrons. The number of aromatic nitrogens is 1. The molecule has 1 aromatic heterocycles. The van der Waals surface area contributed by atoms with Gasteiger partial charge in [0.15, 0.2) is 0 Å². The van der Waals surface area contributed by atoms with Crippen molar-refractivity contribution in [3.8, 4) is 22.8 Å². The zero-order valence-corrected chi connectivity index (χ0v) is 24.1. The predicted octanol–water partition coefficient (Wildman–Crippen LogP) is 6.34. The van der Waals surface area contributed by atoms with Crippen molar-refractivity contribution >= 4 is 5.97 Å². The van der Waals surface area contributed by atoms with Gasteiger partial charge in [-0.3, -0.25) is 9.69 Å². The molecule has 3 atom stereocenters. The van der Waals surface area contributed by atoms with Crippen LogP contribution in [0.25, 0.3) is 11.1 Å². The van der Waals surface area contributed by atoms with E-state index in [0.29, 0.717) is 35.9 Å². The molecule has 8 heteroatoms. The number of pyridine rings is 1. The Labute approximate surface area is 235 Å². The zero-order valence-electron chi connectivity index (χ0n) is 24.1. The molecular weight excluding hydrogens is 511 g/mol. The van der Waals surface area contributed by atoms with E-state index in [4.69, 9.17) is 9.47 Å². The Morgan fingerprint density at radius 3 is 2.65 bits per heavy atom. The fraction of sp³-hybridized carbons (Fsp3) is 0.438. The lowest BCUT2D eigenvalue weighted by Gasteiger charge is -2.34. The van der Waals surface area contributed by atoms with E-state index in [1.807, 2.05) is 31.2 Å². The molecule has 0 saturated heterocycles. The van der Waals surface area contributed by atoms with Gasteiger partial charge < -0.3 is 19.7 Å². The summed E-state index contributed by atoms with van der Waals surface area (Å²) in [6.45, 7) is 10.8. The smallest absolute Gasteiger partial charge is 0.309 e. The highest BCUT2D eigenvalue weighted by Gasteiger charge is 2.28. The summed E-state index contributed by atoms with van der Waals surface area (Å²) in [6.07, 6.45) is 1.32. The number of aryl methyl sites for hydroxylation is 1. The first-order valence-corrected chi connectivity index (χ1v) is 13.7. The van der Waals surface area contributed by atoms with Crippen LogP contribution in [0.1, 0.15) is 75.5 Å². The Kier molecular flexibility index (Phi) is 8.80. The van der Waals surface area contributed by atoms with Crippen LogP contribution >= 0.6 is 0 Å². The number of aliphatic carboxylic acids is 1. The third kappa shape index (κ3) is 6.45. The molecule has 0 bridgehead atoms. The monoisotopic (exact) mass is 550 g/mol. The summed E-state index contributed by atoms with van der Waals surface area (Å²) in [5.74, 6) is -1.40. The van der Waals surface area contributed by atoms with E-state index < -0.39 is 23.8 Å². The molecule has 2 heterocycles. The normalized spacial score (nSPS) is 16.7. The number of benzene rings is 2. The van der Waals surface area contributed by atoms with Crippen LogP contribution < -0.4 is 9.47 Å². The van der Waals surface area contributed by atoms with E-state index >= 15 is 0 Å². The lowest BCUT2D eigenvalue weighted by Crippen LogP contribution is -2.37. The largest absolute Gasteiger partial charge is 0.485 e. The minimum absolute atomic E-state index is 0.0940. The van der Waals surface area contributed by atoms with E-state index in [9.17, 15) is 19.4 Å². The van der Waals surface area contributed by atoms with Crippen molar-refractivity contribution in [3.63, 3.8) is 0 Å². The van der Waals surface area contributed by atoms with Crippen molar-refractivity contribution in [2.75, 3.05) is 13.7 Å². The molecule has 0 radical (unpaired) electrons. The van der Waals surface area contributed by atoms with Crippen molar-refractivity contribution in [3.05, 3.63) is 76.7 Å². The van der Waals surface area contributed by atoms with Crippen LogP contribution in [0.2, 0.25) is 0 Å². The van der Waals surface area contributed by atoms with E-state index in [2.05, 4.69) is 37.7 Å². The molecule has 1 unspecified atom stereocenters. The molecule has 2 N–H and O–H groups in total. The molecule has 4 rings (SSSR count). The lowest BCUT2D eigenvalue weighted by atomic mass is 9.90. The van der Waals surface area contributed by atoms with Gasteiger partial charge in [-0.1, -0.05) is 24.3 Å². The maximum absolute atomic E-state index is 14.9. The van der Waals surface area contributed by atoms with E-state index in [-0.39, 0.29) is 11.6 Å². The van der Waals surface area contributed by atoms with Crippen LogP contribution in [-0.4, -0.2) is 45.3 Å². The summed E-state index contributed by atoms with van der Waals surface area (Å²) >= 11 is 0. The summed E-state index contributed by atoms with van der Waals surface area (Å²) in [4.78, 5) is 17.7. The van der Waals surface area contributed by atoms with Crippen LogP contribution in [0, 0.1) is 11.7 Å². The number of rotatable bonds is 9. The number of hydrogen-bond donors (Lipinski definition) is 2. The molecule has 0 spiro atoms. The number of carboxylic acid groups (broad SMARTS) is 1. The molecule has 1 aliphatic heterocycles. The van der Waals surface area contributed by atoms with Gasteiger partial charge in [-0.25, -0.2) is 9.37 Å².